The molecule has 3 amide bonds. The number of piperidine rings is 1. The quantitative estimate of drug-likeness (QED) is 0.805. The molecule has 1 atom stereocenters. The molecule has 0 spiro atoms. The first-order chi connectivity index (χ1) is 11.7. The molecule has 1 aliphatic carbocycles. The van der Waals surface area contributed by atoms with Crippen LogP contribution in [0.5, 0.6) is 0 Å². The maximum atomic E-state index is 12.4. The first-order valence-electron chi connectivity index (χ1n) is 9.27. The van der Waals surface area contributed by atoms with Gasteiger partial charge in [0.25, 0.3) is 5.91 Å². The molecular formula is C17H29N3O4. The number of nitrogens with one attached hydrogen (secondary N) is 2. The van der Waals surface area contributed by atoms with Crippen LogP contribution in [-0.4, -0.2) is 67.9 Å². The van der Waals surface area contributed by atoms with E-state index in [2.05, 4.69) is 10.6 Å². The topological polar surface area (TPSA) is 79.9 Å². The van der Waals surface area contributed by atoms with Crippen LogP contribution < -0.4 is 10.6 Å². The lowest BCUT2D eigenvalue weighted by atomic mass is 9.96. The van der Waals surface area contributed by atoms with Crippen LogP contribution >= 0.6 is 0 Å². The van der Waals surface area contributed by atoms with Crippen molar-refractivity contribution in [2.75, 3.05) is 32.9 Å². The van der Waals surface area contributed by atoms with Gasteiger partial charge in [0, 0.05) is 25.2 Å². The number of nitrogens with zero attached hydrogens (tertiary/aromatic N) is 1. The van der Waals surface area contributed by atoms with Gasteiger partial charge in [-0.1, -0.05) is 19.3 Å². The van der Waals surface area contributed by atoms with Crippen LogP contribution in [0, 0.1) is 0 Å². The van der Waals surface area contributed by atoms with Gasteiger partial charge in [0.15, 0.2) is 6.10 Å². The predicted octanol–water partition coefficient (Wildman–Crippen LogP) is 1.02. The van der Waals surface area contributed by atoms with E-state index in [9.17, 15) is 9.59 Å². The number of hydrogen-bond acceptors (Lipinski definition) is 4. The summed E-state index contributed by atoms with van der Waals surface area (Å²) in [4.78, 5) is 26.3. The fourth-order valence-corrected chi connectivity index (χ4v) is 3.74. The summed E-state index contributed by atoms with van der Waals surface area (Å²) in [6.07, 6.45) is 6.99. The number of likely N-dealkylation sites (tertiary alicyclic amines) is 1. The van der Waals surface area contributed by atoms with E-state index in [0.717, 1.165) is 25.7 Å². The summed E-state index contributed by atoms with van der Waals surface area (Å²) in [5, 5.41) is 6.15. The highest BCUT2D eigenvalue weighted by Gasteiger charge is 2.31. The van der Waals surface area contributed by atoms with Crippen LogP contribution in [0.1, 0.15) is 44.9 Å². The maximum Gasteiger partial charge on any atom is 0.315 e. The van der Waals surface area contributed by atoms with Crippen LogP contribution in [0.3, 0.4) is 0 Å². The Balaban J connectivity index is 1.36. The lowest BCUT2D eigenvalue weighted by Crippen LogP contribution is -2.53. The van der Waals surface area contributed by atoms with E-state index in [1.807, 2.05) is 4.90 Å². The highest BCUT2D eigenvalue weighted by atomic mass is 16.6. The summed E-state index contributed by atoms with van der Waals surface area (Å²) in [5.74, 6) is 0.0137. The fraction of sp³-hybridized carbons (Fsp3) is 0.882. The lowest BCUT2D eigenvalue weighted by Gasteiger charge is -2.35. The highest BCUT2D eigenvalue weighted by molar-refractivity contribution is 5.81. The van der Waals surface area contributed by atoms with Crippen LogP contribution in [0.2, 0.25) is 0 Å². The number of ether oxygens (including phenoxy) is 2. The van der Waals surface area contributed by atoms with E-state index in [1.165, 1.54) is 19.3 Å². The Hall–Kier alpha value is -1.34. The minimum absolute atomic E-state index is 0.0137. The van der Waals surface area contributed by atoms with Crippen molar-refractivity contribution >= 4 is 11.9 Å². The molecule has 3 rings (SSSR count). The van der Waals surface area contributed by atoms with Gasteiger partial charge in [-0.15, -0.1) is 0 Å². The summed E-state index contributed by atoms with van der Waals surface area (Å²) in [7, 11) is 0. The Bertz CT molecular complexity index is 426. The molecule has 1 unspecified atom stereocenters. The van der Waals surface area contributed by atoms with E-state index >= 15 is 0 Å². The first kappa shape index (κ1) is 17.5. The molecule has 136 valence electrons. The number of carbonyl (C=O) groups is 2. The third-order valence-electron chi connectivity index (χ3n) is 5.17. The number of carbonyl (C=O) groups excluding carboxylic acids is 2. The van der Waals surface area contributed by atoms with Gasteiger partial charge in [0.2, 0.25) is 0 Å². The molecule has 0 aromatic heterocycles. The van der Waals surface area contributed by atoms with Crippen molar-refractivity contribution in [2.45, 2.75) is 63.1 Å². The van der Waals surface area contributed by atoms with E-state index in [1.54, 1.807) is 0 Å². The molecular weight excluding hydrogens is 310 g/mol. The van der Waals surface area contributed by atoms with Gasteiger partial charge in [-0.3, -0.25) is 4.79 Å². The van der Waals surface area contributed by atoms with Crippen molar-refractivity contribution < 1.29 is 19.1 Å². The average molecular weight is 339 g/mol. The largest absolute Gasteiger partial charge is 0.376 e. The summed E-state index contributed by atoms with van der Waals surface area (Å²) in [6, 6.07) is 0.403. The maximum absolute atomic E-state index is 12.4. The van der Waals surface area contributed by atoms with E-state index < -0.39 is 6.10 Å². The SMILES string of the molecule is O=C(NC1CCCCC1)NC1CCN(C(=O)C2COCCO2)CC1. The monoisotopic (exact) mass is 339 g/mol. The van der Waals surface area contributed by atoms with Crippen molar-refractivity contribution in [3.8, 4) is 0 Å². The molecule has 2 N–H and O–H groups in total. The van der Waals surface area contributed by atoms with Crippen molar-refractivity contribution in [1.29, 1.82) is 0 Å². The summed E-state index contributed by atoms with van der Waals surface area (Å²) in [5.41, 5.74) is 0. The zero-order valence-corrected chi connectivity index (χ0v) is 14.3. The third-order valence-corrected chi connectivity index (χ3v) is 5.17. The Kier molecular flexibility index (Phi) is 6.31. The number of rotatable bonds is 3. The molecule has 24 heavy (non-hydrogen) atoms. The molecule has 2 aliphatic heterocycles. The van der Waals surface area contributed by atoms with E-state index in [0.29, 0.717) is 39.0 Å². The zero-order chi connectivity index (χ0) is 16.8. The minimum atomic E-state index is -0.460. The second kappa shape index (κ2) is 8.67. The molecule has 7 heteroatoms. The van der Waals surface area contributed by atoms with Crippen LogP contribution in [0.25, 0.3) is 0 Å². The molecule has 3 fully saturated rings. The van der Waals surface area contributed by atoms with Gasteiger partial charge < -0.3 is 25.0 Å². The smallest absolute Gasteiger partial charge is 0.315 e. The molecule has 0 radical (unpaired) electrons. The minimum Gasteiger partial charge on any atom is -0.376 e. The Morgan fingerprint density at radius 2 is 1.54 bits per heavy atom. The summed E-state index contributed by atoms with van der Waals surface area (Å²) < 4.78 is 10.8. The van der Waals surface area contributed by atoms with Crippen molar-refractivity contribution in [1.82, 2.24) is 15.5 Å². The normalized spacial score (nSPS) is 26.8. The summed E-state index contributed by atoms with van der Waals surface area (Å²) in [6.45, 7) is 2.71. The van der Waals surface area contributed by atoms with Gasteiger partial charge >= 0.3 is 6.03 Å². The Morgan fingerprint density at radius 1 is 0.875 bits per heavy atom. The Labute approximate surface area is 143 Å². The van der Waals surface area contributed by atoms with Crippen LogP contribution in [0.4, 0.5) is 4.79 Å². The Morgan fingerprint density at radius 3 is 2.17 bits per heavy atom. The lowest BCUT2D eigenvalue weighted by molar-refractivity contribution is -0.158. The second-order valence-electron chi connectivity index (χ2n) is 6.99. The van der Waals surface area contributed by atoms with E-state index in [-0.39, 0.29) is 18.0 Å². The number of urea groups is 1. The second-order valence-corrected chi connectivity index (χ2v) is 6.99. The molecule has 7 nitrogen and oxygen atoms in total. The third kappa shape index (κ3) is 4.83. The molecule has 3 aliphatic rings. The zero-order valence-electron chi connectivity index (χ0n) is 14.3. The van der Waals surface area contributed by atoms with Crippen molar-refractivity contribution in [2.24, 2.45) is 0 Å². The number of amides is 3. The molecule has 2 heterocycles. The first-order valence-corrected chi connectivity index (χ1v) is 9.27. The van der Waals surface area contributed by atoms with E-state index in [4.69, 9.17) is 9.47 Å². The van der Waals surface area contributed by atoms with Gasteiger partial charge in [-0.25, -0.2) is 4.79 Å². The predicted molar refractivity (Wildman–Crippen MR) is 88.7 cm³/mol. The van der Waals surface area contributed by atoms with Gasteiger partial charge in [-0.05, 0) is 25.7 Å². The van der Waals surface area contributed by atoms with Gasteiger partial charge in [0.1, 0.15) is 0 Å². The molecule has 1 saturated carbocycles. The average Bonchev–Trinajstić information content (AvgIpc) is 2.63. The molecule has 0 bridgehead atoms. The van der Waals surface area contributed by atoms with Crippen LogP contribution in [-0.2, 0) is 14.3 Å². The van der Waals surface area contributed by atoms with Crippen LogP contribution in [0.15, 0.2) is 0 Å². The molecule has 0 aromatic carbocycles. The standard InChI is InChI=1S/C17H29N3O4/c21-16(15-12-23-10-11-24-15)20-8-6-14(7-9-20)19-17(22)18-13-4-2-1-3-5-13/h13-15H,1-12H2,(H2,18,19,22). The van der Waals surface area contributed by atoms with Gasteiger partial charge in [-0.2, -0.15) is 0 Å². The number of hydrogen-bond donors (Lipinski definition) is 2. The van der Waals surface area contributed by atoms with Gasteiger partial charge in [0.05, 0.1) is 19.8 Å². The fourth-order valence-electron chi connectivity index (χ4n) is 3.74. The molecule has 0 aromatic rings. The van der Waals surface area contributed by atoms with Crippen molar-refractivity contribution in [3.63, 3.8) is 0 Å². The van der Waals surface area contributed by atoms with Crippen molar-refractivity contribution in [3.05, 3.63) is 0 Å². The summed E-state index contributed by atoms with van der Waals surface area (Å²) >= 11 is 0. The highest BCUT2D eigenvalue weighted by Crippen LogP contribution is 2.18. The molecule has 2 saturated heterocycles.